The van der Waals surface area contributed by atoms with E-state index in [9.17, 15) is 13.2 Å². The molecule has 0 amide bonds. The fraction of sp³-hybridized carbons (Fsp3) is 0.316. The van der Waals surface area contributed by atoms with E-state index < -0.39 is 22.0 Å². The van der Waals surface area contributed by atoms with Crippen molar-refractivity contribution < 1.29 is 22.7 Å². The van der Waals surface area contributed by atoms with Gasteiger partial charge in [0.1, 0.15) is 5.75 Å². The Morgan fingerprint density at radius 3 is 2.61 bits per heavy atom. The van der Waals surface area contributed by atoms with Crippen LogP contribution in [0.25, 0.3) is 0 Å². The third-order valence-corrected chi connectivity index (χ3v) is 6.46. The van der Waals surface area contributed by atoms with Crippen LogP contribution < -0.4 is 10.1 Å². The molecular formula is C19H23ClN2O5S. The van der Waals surface area contributed by atoms with Gasteiger partial charge in [-0.05, 0) is 24.3 Å². The molecule has 0 aromatic heterocycles. The first-order valence-corrected chi connectivity index (χ1v) is 9.97. The van der Waals surface area contributed by atoms with E-state index in [-0.39, 0.29) is 22.9 Å². The summed E-state index contributed by atoms with van der Waals surface area (Å²) >= 11 is 0. The second-order valence-corrected chi connectivity index (χ2v) is 7.99. The minimum atomic E-state index is -3.82. The van der Waals surface area contributed by atoms with Crippen molar-refractivity contribution >= 4 is 28.4 Å². The molecule has 7 nitrogen and oxygen atoms in total. The number of sulfonamides is 1. The van der Waals surface area contributed by atoms with Crippen LogP contribution in [0, 0.1) is 0 Å². The first-order chi connectivity index (χ1) is 13.0. The Bertz CT molecular complexity index is 935. The van der Waals surface area contributed by atoms with Crippen molar-refractivity contribution in [2.24, 2.45) is 0 Å². The highest BCUT2D eigenvalue weighted by molar-refractivity contribution is 7.89. The summed E-state index contributed by atoms with van der Waals surface area (Å²) in [6.07, 6.45) is 0. The zero-order chi connectivity index (χ0) is 19.4. The van der Waals surface area contributed by atoms with E-state index in [0.717, 1.165) is 5.56 Å². The fourth-order valence-electron chi connectivity index (χ4n) is 3.22. The smallest absolute Gasteiger partial charge is 0.337 e. The van der Waals surface area contributed by atoms with Gasteiger partial charge in [-0.15, -0.1) is 12.4 Å². The molecule has 152 valence electrons. The Morgan fingerprint density at radius 1 is 1.14 bits per heavy atom. The summed E-state index contributed by atoms with van der Waals surface area (Å²) in [6, 6.07) is 12.9. The van der Waals surface area contributed by atoms with Crippen molar-refractivity contribution in [3.8, 4) is 5.75 Å². The molecule has 1 unspecified atom stereocenters. The normalized spacial score (nSPS) is 17.4. The molecule has 1 heterocycles. The number of ether oxygens (including phenoxy) is 2. The topological polar surface area (TPSA) is 84.9 Å². The van der Waals surface area contributed by atoms with Gasteiger partial charge >= 0.3 is 5.97 Å². The van der Waals surface area contributed by atoms with Crippen LogP contribution in [0.2, 0.25) is 0 Å². The number of carbonyl (C=O) groups excluding carboxylic acids is 1. The van der Waals surface area contributed by atoms with Gasteiger partial charge in [0, 0.05) is 25.2 Å². The van der Waals surface area contributed by atoms with E-state index in [4.69, 9.17) is 9.47 Å². The molecule has 1 atom stereocenters. The molecule has 0 radical (unpaired) electrons. The van der Waals surface area contributed by atoms with Crippen molar-refractivity contribution in [3.63, 3.8) is 0 Å². The number of rotatable bonds is 5. The predicted octanol–water partition coefficient (Wildman–Crippen LogP) is 2.24. The summed E-state index contributed by atoms with van der Waals surface area (Å²) in [7, 11) is -0.994. The van der Waals surface area contributed by atoms with Crippen LogP contribution in [-0.4, -0.2) is 52.5 Å². The summed E-state index contributed by atoms with van der Waals surface area (Å²) in [5.41, 5.74) is 0.988. The number of esters is 1. The van der Waals surface area contributed by atoms with Gasteiger partial charge in [0.15, 0.2) is 0 Å². The Kier molecular flexibility index (Phi) is 7.42. The largest absolute Gasteiger partial charge is 0.496 e. The predicted molar refractivity (Wildman–Crippen MR) is 108 cm³/mol. The van der Waals surface area contributed by atoms with Crippen molar-refractivity contribution in [2.45, 2.75) is 10.9 Å². The summed E-state index contributed by atoms with van der Waals surface area (Å²) in [6.45, 7) is 1.32. The molecule has 2 aromatic carbocycles. The first-order valence-electron chi connectivity index (χ1n) is 8.53. The van der Waals surface area contributed by atoms with Gasteiger partial charge < -0.3 is 14.8 Å². The lowest BCUT2D eigenvalue weighted by Gasteiger charge is -2.36. The zero-order valence-electron chi connectivity index (χ0n) is 15.6. The average molecular weight is 427 g/mol. The Hall–Kier alpha value is -2.13. The maximum atomic E-state index is 13.3. The van der Waals surface area contributed by atoms with E-state index in [2.05, 4.69) is 5.32 Å². The summed E-state index contributed by atoms with van der Waals surface area (Å²) < 4.78 is 38.3. The number of methoxy groups -OCH3 is 2. The second-order valence-electron chi connectivity index (χ2n) is 6.10. The van der Waals surface area contributed by atoms with Crippen LogP contribution in [0.4, 0.5) is 0 Å². The van der Waals surface area contributed by atoms with Crippen LogP contribution in [-0.2, 0) is 14.8 Å². The molecule has 28 heavy (non-hydrogen) atoms. The van der Waals surface area contributed by atoms with Gasteiger partial charge in [-0.2, -0.15) is 4.31 Å². The number of carbonyl (C=O) groups is 1. The number of nitrogens with zero attached hydrogens (tertiary/aromatic N) is 1. The fourth-order valence-corrected chi connectivity index (χ4v) is 4.87. The Morgan fingerprint density at radius 2 is 1.89 bits per heavy atom. The molecule has 1 aliphatic heterocycles. The first kappa shape index (κ1) is 22.2. The Labute approximate surface area is 171 Å². The van der Waals surface area contributed by atoms with Crippen LogP contribution in [0.1, 0.15) is 22.0 Å². The third-order valence-electron chi connectivity index (χ3n) is 4.55. The van der Waals surface area contributed by atoms with E-state index >= 15 is 0 Å². The third kappa shape index (κ3) is 4.30. The maximum absolute atomic E-state index is 13.3. The molecule has 1 N–H and O–H groups in total. The van der Waals surface area contributed by atoms with Crippen LogP contribution in [0.3, 0.4) is 0 Å². The summed E-state index contributed by atoms with van der Waals surface area (Å²) in [5, 5.41) is 3.24. The number of piperazine rings is 1. The lowest BCUT2D eigenvalue weighted by atomic mass is 10.0. The van der Waals surface area contributed by atoms with Crippen LogP contribution in [0.5, 0.6) is 5.75 Å². The lowest BCUT2D eigenvalue weighted by Crippen LogP contribution is -2.48. The van der Waals surface area contributed by atoms with Crippen molar-refractivity contribution in [2.75, 3.05) is 33.9 Å². The van der Waals surface area contributed by atoms with Gasteiger partial charge in [0.05, 0.1) is 30.7 Å². The molecule has 1 fully saturated rings. The number of para-hydroxylation sites is 1. The van der Waals surface area contributed by atoms with Gasteiger partial charge in [-0.3, -0.25) is 0 Å². The van der Waals surface area contributed by atoms with E-state index in [1.807, 2.05) is 24.3 Å². The van der Waals surface area contributed by atoms with Crippen molar-refractivity contribution in [1.29, 1.82) is 0 Å². The molecule has 1 aliphatic rings. The summed E-state index contributed by atoms with van der Waals surface area (Å²) in [5.74, 6) is 0.0587. The highest BCUT2D eigenvalue weighted by atomic mass is 35.5. The van der Waals surface area contributed by atoms with Crippen LogP contribution in [0.15, 0.2) is 53.4 Å². The molecule has 1 saturated heterocycles. The lowest BCUT2D eigenvalue weighted by molar-refractivity contribution is 0.0600. The van der Waals surface area contributed by atoms with E-state index in [1.54, 1.807) is 13.2 Å². The van der Waals surface area contributed by atoms with Gasteiger partial charge in [0.25, 0.3) is 0 Å². The summed E-state index contributed by atoms with van der Waals surface area (Å²) in [4.78, 5) is 11.8. The number of nitrogens with one attached hydrogen (secondary N) is 1. The molecule has 0 bridgehead atoms. The minimum Gasteiger partial charge on any atom is -0.496 e. The zero-order valence-corrected chi connectivity index (χ0v) is 17.3. The van der Waals surface area contributed by atoms with Gasteiger partial charge in [0.2, 0.25) is 10.0 Å². The number of hydrogen-bond donors (Lipinski definition) is 1. The molecule has 0 aliphatic carbocycles. The second kappa shape index (κ2) is 9.38. The molecule has 9 heteroatoms. The standard InChI is InChI=1S/C19H22N2O5S.ClH/c1-25-18-9-4-3-8-16(18)17-13-20-10-11-21(17)27(23,24)15-7-5-6-14(12-15)19(22)26-2;/h3-9,12,17,20H,10-11,13H2,1-2H3;1H. The number of halogens is 1. The molecule has 0 spiro atoms. The molecule has 3 rings (SSSR count). The molecule has 2 aromatic rings. The average Bonchev–Trinajstić information content (AvgIpc) is 2.73. The van der Waals surface area contributed by atoms with Crippen LogP contribution >= 0.6 is 12.4 Å². The van der Waals surface area contributed by atoms with Gasteiger partial charge in [-0.1, -0.05) is 24.3 Å². The van der Waals surface area contributed by atoms with E-state index in [0.29, 0.717) is 25.4 Å². The maximum Gasteiger partial charge on any atom is 0.337 e. The Balaban J connectivity index is 0.00000280. The monoisotopic (exact) mass is 426 g/mol. The van der Waals surface area contributed by atoms with Crippen molar-refractivity contribution in [3.05, 3.63) is 59.7 Å². The molecule has 0 saturated carbocycles. The SMILES string of the molecule is COC(=O)c1cccc(S(=O)(=O)N2CCNCC2c2ccccc2OC)c1.Cl. The highest BCUT2D eigenvalue weighted by Gasteiger charge is 2.36. The van der Waals surface area contributed by atoms with Gasteiger partial charge in [-0.25, -0.2) is 13.2 Å². The quantitative estimate of drug-likeness (QED) is 0.738. The highest BCUT2D eigenvalue weighted by Crippen LogP contribution is 2.34. The van der Waals surface area contributed by atoms with Crippen molar-refractivity contribution in [1.82, 2.24) is 9.62 Å². The van der Waals surface area contributed by atoms with E-state index in [1.165, 1.54) is 29.6 Å². The molecular weight excluding hydrogens is 404 g/mol. The minimum absolute atomic E-state index is 0. The number of benzene rings is 2. The number of hydrogen-bond acceptors (Lipinski definition) is 6.